The van der Waals surface area contributed by atoms with E-state index in [-0.39, 0.29) is 11.9 Å². The third-order valence-electron chi connectivity index (χ3n) is 7.35. The Morgan fingerprint density at radius 3 is 2.51 bits per heavy atom. The molecule has 3 aromatic rings. The second kappa shape index (κ2) is 10.1. The largest absolute Gasteiger partial charge is 0.454 e. The van der Waals surface area contributed by atoms with E-state index in [1.54, 1.807) is 4.68 Å². The summed E-state index contributed by atoms with van der Waals surface area (Å²) in [7, 11) is 3.80. The van der Waals surface area contributed by atoms with Gasteiger partial charge in [-0.25, -0.2) is 0 Å². The molecule has 0 N–H and O–H groups in total. The standard InChI is InChI=1S/C28H34N4O3/c1-20-15-25(31(3)29-20)28(33)30(2)24(16-21-7-5-4-6-8-21)23-11-13-32(14-12-23)18-22-9-10-26-27(17-22)35-19-34-26/h4-10,15,17,23-24H,11-14,16,18-19H2,1-3H3. The normalized spacial score (nSPS) is 16.9. The van der Waals surface area contributed by atoms with Crippen LogP contribution in [0.15, 0.2) is 54.6 Å². The maximum atomic E-state index is 13.5. The first-order chi connectivity index (χ1) is 17.0. The molecule has 3 heterocycles. The van der Waals surface area contributed by atoms with Crippen LogP contribution in [0.1, 0.15) is 40.2 Å². The van der Waals surface area contributed by atoms with Crippen molar-refractivity contribution in [3.8, 4) is 11.5 Å². The van der Waals surface area contributed by atoms with Crippen LogP contribution < -0.4 is 9.47 Å². The molecule has 2 aliphatic rings. The summed E-state index contributed by atoms with van der Waals surface area (Å²) in [6.45, 7) is 5.15. The number of rotatable bonds is 7. The number of nitrogens with zero attached hydrogens (tertiary/aromatic N) is 4. The second-order valence-corrected chi connectivity index (χ2v) is 9.77. The van der Waals surface area contributed by atoms with Crippen LogP contribution in [0.25, 0.3) is 0 Å². The molecule has 1 atom stereocenters. The third-order valence-corrected chi connectivity index (χ3v) is 7.35. The maximum absolute atomic E-state index is 13.5. The number of aryl methyl sites for hydroxylation is 2. The Kier molecular flexibility index (Phi) is 6.77. The van der Waals surface area contributed by atoms with Crippen molar-refractivity contribution in [2.75, 3.05) is 26.9 Å². The number of piperidine rings is 1. The van der Waals surface area contributed by atoms with Gasteiger partial charge in [0.05, 0.1) is 5.69 Å². The van der Waals surface area contributed by atoms with E-state index >= 15 is 0 Å². The minimum absolute atomic E-state index is 0.0387. The predicted octanol–water partition coefficient (Wildman–Crippen LogP) is 4.05. The summed E-state index contributed by atoms with van der Waals surface area (Å²) in [6, 6.07) is 18.7. The van der Waals surface area contributed by atoms with Gasteiger partial charge in [0.2, 0.25) is 6.79 Å². The molecule has 2 aromatic carbocycles. The van der Waals surface area contributed by atoms with Crippen LogP contribution in [0.3, 0.4) is 0 Å². The topological polar surface area (TPSA) is 59.8 Å². The summed E-state index contributed by atoms with van der Waals surface area (Å²) in [6.07, 6.45) is 2.97. The van der Waals surface area contributed by atoms with Crippen LogP contribution in [0.2, 0.25) is 0 Å². The van der Waals surface area contributed by atoms with E-state index in [2.05, 4.69) is 46.4 Å². The van der Waals surface area contributed by atoms with Crippen molar-refractivity contribution >= 4 is 5.91 Å². The molecule has 0 aliphatic carbocycles. The van der Waals surface area contributed by atoms with Crippen LogP contribution in [-0.4, -0.2) is 58.5 Å². The summed E-state index contributed by atoms with van der Waals surface area (Å²) in [5.41, 5.74) is 4.01. The number of hydrogen-bond donors (Lipinski definition) is 0. The molecule has 5 rings (SSSR count). The number of aromatic nitrogens is 2. The van der Waals surface area contributed by atoms with Crippen molar-refractivity contribution in [3.63, 3.8) is 0 Å². The maximum Gasteiger partial charge on any atom is 0.272 e. The van der Waals surface area contributed by atoms with E-state index < -0.39 is 0 Å². The first-order valence-electron chi connectivity index (χ1n) is 12.4. The minimum Gasteiger partial charge on any atom is -0.454 e. The van der Waals surface area contributed by atoms with Gasteiger partial charge in [0.15, 0.2) is 11.5 Å². The van der Waals surface area contributed by atoms with Gasteiger partial charge in [-0.3, -0.25) is 14.4 Å². The van der Waals surface area contributed by atoms with Crippen molar-refractivity contribution in [1.82, 2.24) is 19.6 Å². The van der Waals surface area contributed by atoms with Crippen molar-refractivity contribution in [1.29, 1.82) is 0 Å². The Bertz CT molecular complexity index is 1170. The first kappa shape index (κ1) is 23.4. The van der Waals surface area contributed by atoms with E-state index in [0.717, 1.165) is 56.1 Å². The zero-order valence-corrected chi connectivity index (χ0v) is 20.8. The van der Waals surface area contributed by atoms with Gasteiger partial charge in [0, 0.05) is 26.7 Å². The van der Waals surface area contributed by atoms with Gasteiger partial charge >= 0.3 is 0 Å². The number of hydrogen-bond acceptors (Lipinski definition) is 5. The average molecular weight is 475 g/mol. The Morgan fingerprint density at radius 1 is 1.06 bits per heavy atom. The predicted molar refractivity (Wildman–Crippen MR) is 135 cm³/mol. The molecule has 1 aromatic heterocycles. The van der Waals surface area contributed by atoms with E-state index in [1.165, 1.54) is 11.1 Å². The molecule has 1 unspecified atom stereocenters. The van der Waals surface area contributed by atoms with E-state index in [0.29, 0.717) is 18.4 Å². The molecule has 184 valence electrons. The van der Waals surface area contributed by atoms with Gasteiger partial charge in [-0.1, -0.05) is 36.4 Å². The zero-order chi connectivity index (χ0) is 24.4. The lowest BCUT2D eigenvalue weighted by Gasteiger charge is -2.40. The number of ether oxygens (including phenoxy) is 2. The Balaban J connectivity index is 1.28. The van der Waals surface area contributed by atoms with Crippen LogP contribution in [0.5, 0.6) is 11.5 Å². The van der Waals surface area contributed by atoms with Gasteiger partial charge in [-0.05, 0) is 74.5 Å². The van der Waals surface area contributed by atoms with Crippen LogP contribution in [-0.2, 0) is 20.0 Å². The summed E-state index contributed by atoms with van der Waals surface area (Å²) in [5, 5.41) is 4.39. The Hall–Kier alpha value is -3.32. The summed E-state index contributed by atoms with van der Waals surface area (Å²) in [4.78, 5) is 17.9. The van der Waals surface area contributed by atoms with E-state index in [1.807, 2.05) is 44.1 Å². The van der Waals surface area contributed by atoms with Crippen molar-refractivity contribution in [2.24, 2.45) is 13.0 Å². The van der Waals surface area contributed by atoms with E-state index in [4.69, 9.17) is 9.47 Å². The monoisotopic (exact) mass is 474 g/mol. The fourth-order valence-electron chi connectivity index (χ4n) is 5.41. The first-order valence-corrected chi connectivity index (χ1v) is 12.4. The van der Waals surface area contributed by atoms with Gasteiger partial charge in [0.1, 0.15) is 5.69 Å². The molecular weight excluding hydrogens is 440 g/mol. The van der Waals surface area contributed by atoms with E-state index in [9.17, 15) is 4.79 Å². The number of fused-ring (bicyclic) bond motifs is 1. The zero-order valence-electron chi connectivity index (χ0n) is 20.8. The van der Waals surface area contributed by atoms with Crippen LogP contribution in [0.4, 0.5) is 0 Å². The molecule has 1 fully saturated rings. The van der Waals surface area contributed by atoms with Gasteiger partial charge in [-0.2, -0.15) is 5.10 Å². The number of carbonyl (C=O) groups excluding carboxylic acids is 1. The number of benzene rings is 2. The highest BCUT2D eigenvalue weighted by atomic mass is 16.7. The lowest BCUT2D eigenvalue weighted by molar-refractivity contribution is 0.0575. The Morgan fingerprint density at radius 2 is 1.80 bits per heavy atom. The fourth-order valence-corrected chi connectivity index (χ4v) is 5.41. The van der Waals surface area contributed by atoms with Crippen molar-refractivity contribution in [2.45, 2.75) is 38.8 Å². The van der Waals surface area contributed by atoms with Crippen LogP contribution >= 0.6 is 0 Å². The molecule has 0 radical (unpaired) electrons. The summed E-state index contributed by atoms with van der Waals surface area (Å²) < 4.78 is 12.7. The highest BCUT2D eigenvalue weighted by molar-refractivity contribution is 5.92. The summed E-state index contributed by atoms with van der Waals surface area (Å²) >= 11 is 0. The highest BCUT2D eigenvalue weighted by Crippen LogP contribution is 2.34. The SMILES string of the molecule is Cc1cc(C(=O)N(C)C(Cc2ccccc2)C2CCN(Cc3ccc4c(c3)OCO4)CC2)n(C)n1. The van der Waals surface area contributed by atoms with Crippen molar-refractivity contribution < 1.29 is 14.3 Å². The molecule has 1 saturated heterocycles. The average Bonchev–Trinajstić information content (AvgIpc) is 3.48. The Labute approximate surface area is 207 Å². The molecule has 0 saturated carbocycles. The fraction of sp³-hybridized carbons (Fsp3) is 0.429. The quantitative estimate of drug-likeness (QED) is 0.517. The van der Waals surface area contributed by atoms with Crippen LogP contribution in [0, 0.1) is 12.8 Å². The van der Waals surface area contributed by atoms with Gasteiger partial charge in [0.25, 0.3) is 5.91 Å². The highest BCUT2D eigenvalue weighted by Gasteiger charge is 2.33. The lowest BCUT2D eigenvalue weighted by Crippen LogP contribution is -2.47. The second-order valence-electron chi connectivity index (χ2n) is 9.77. The number of likely N-dealkylation sites (N-methyl/N-ethyl adjacent to an activating group) is 1. The third kappa shape index (κ3) is 5.20. The minimum atomic E-state index is 0.0387. The molecule has 7 nitrogen and oxygen atoms in total. The smallest absolute Gasteiger partial charge is 0.272 e. The van der Waals surface area contributed by atoms with Gasteiger partial charge < -0.3 is 14.4 Å². The number of likely N-dealkylation sites (tertiary alicyclic amines) is 1. The summed E-state index contributed by atoms with van der Waals surface area (Å²) in [5.74, 6) is 2.14. The molecular formula is C28H34N4O3. The van der Waals surface area contributed by atoms with Gasteiger partial charge in [-0.15, -0.1) is 0 Å². The molecule has 7 heteroatoms. The molecule has 0 spiro atoms. The molecule has 0 bridgehead atoms. The molecule has 1 amide bonds. The lowest BCUT2D eigenvalue weighted by atomic mass is 9.84. The number of amides is 1. The molecule has 35 heavy (non-hydrogen) atoms. The number of carbonyl (C=O) groups is 1. The molecule has 2 aliphatic heterocycles. The van der Waals surface area contributed by atoms with Crippen molar-refractivity contribution in [3.05, 3.63) is 77.1 Å².